The number of rotatable bonds is 4. The Kier molecular flexibility index (Phi) is 8.65. The number of fused-ring (bicyclic) bond motifs is 1. The van der Waals surface area contributed by atoms with E-state index >= 15 is 0 Å². The molecule has 3 saturated heterocycles. The summed E-state index contributed by atoms with van der Waals surface area (Å²) in [5.74, 6) is 1.04. The minimum absolute atomic E-state index is 0. The molecule has 3 aliphatic rings. The number of piperazine rings is 1. The lowest BCUT2D eigenvalue weighted by Crippen LogP contribution is -2.53. The quantitative estimate of drug-likeness (QED) is 0.371. The van der Waals surface area contributed by atoms with E-state index in [1.165, 1.54) is 36.2 Å². The van der Waals surface area contributed by atoms with Crippen LogP contribution in [0, 0.1) is 13.8 Å². The molecule has 4 rings (SSSR count). The van der Waals surface area contributed by atoms with Gasteiger partial charge in [0.15, 0.2) is 5.96 Å². The van der Waals surface area contributed by atoms with Gasteiger partial charge in [-0.05, 0) is 57.4 Å². The van der Waals surface area contributed by atoms with Gasteiger partial charge in [-0.2, -0.15) is 0 Å². The lowest BCUT2D eigenvalue weighted by molar-refractivity contribution is -0.0432. The van der Waals surface area contributed by atoms with Crippen LogP contribution in [0.2, 0.25) is 0 Å². The first-order chi connectivity index (χ1) is 14.2. The van der Waals surface area contributed by atoms with Crippen LogP contribution in [0.15, 0.2) is 23.2 Å². The van der Waals surface area contributed by atoms with E-state index in [1.807, 2.05) is 0 Å². The normalized spacial score (nSPS) is 25.1. The SMILES string of the molecule is CCNC(=NCC1CN2CCCC2CO1)N1CCN(c2cccc(C)c2C)CC1.I. The van der Waals surface area contributed by atoms with Gasteiger partial charge < -0.3 is 19.9 Å². The van der Waals surface area contributed by atoms with Crippen molar-refractivity contribution < 1.29 is 4.74 Å². The molecule has 0 radical (unpaired) electrons. The van der Waals surface area contributed by atoms with Crippen molar-refractivity contribution in [3.8, 4) is 0 Å². The van der Waals surface area contributed by atoms with Gasteiger partial charge in [0.05, 0.1) is 19.3 Å². The Morgan fingerprint density at radius 2 is 1.97 bits per heavy atom. The smallest absolute Gasteiger partial charge is 0.194 e. The number of guanidine groups is 1. The van der Waals surface area contributed by atoms with E-state index < -0.39 is 0 Å². The molecule has 0 bridgehead atoms. The zero-order valence-corrected chi connectivity index (χ0v) is 21.1. The number of halogens is 1. The first kappa shape index (κ1) is 23.6. The Bertz CT molecular complexity index is 720. The molecule has 7 heteroatoms. The molecule has 0 saturated carbocycles. The average molecular weight is 527 g/mol. The Morgan fingerprint density at radius 1 is 1.17 bits per heavy atom. The summed E-state index contributed by atoms with van der Waals surface area (Å²) in [4.78, 5) is 12.5. The number of benzene rings is 1. The fourth-order valence-electron chi connectivity index (χ4n) is 4.85. The van der Waals surface area contributed by atoms with E-state index in [9.17, 15) is 0 Å². The zero-order chi connectivity index (χ0) is 20.2. The summed E-state index contributed by atoms with van der Waals surface area (Å²) < 4.78 is 6.10. The van der Waals surface area contributed by atoms with Gasteiger partial charge in [-0.25, -0.2) is 0 Å². The van der Waals surface area contributed by atoms with Crippen molar-refractivity contribution in [3.63, 3.8) is 0 Å². The highest BCUT2D eigenvalue weighted by Gasteiger charge is 2.32. The molecule has 2 atom stereocenters. The van der Waals surface area contributed by atoms with Gasteiger partial charge in [0.2, 0.25) is 0 Å². The summed E-state index contributed by atoms with van der Waals surface area (Å²) in [5.41, 5.74) is 4.14. The Hall–Kier alpha value is -1.06. The molecule has 0 aromatic heterocycles. The first-order valence-corrected chi connectivity index (χ1v) is 11.4. The standard InChI is InChI=1S/C23H37N5O.HI/c1-4-24-23(25-15-21-16-28-10-6-8-20(28)17-29-21)27-13-11-26(12-14-27)22-9-5-7-18(2)19(22)3;/h5,7,9,20-21H,4,6,8,10-17H2,1-3H3,(H,24,25);1H. The van der Waals surface area contributed by atoms with Gasteiger partial charge in [-0.3, -0.25) is 9.89 Å². The molecular formula is C23H38IN5O. The summed E-state index contributed by atoms with van der Waals surface area (Å²) in [6.07, 6.45) is 2.84. The number of aliphatic imine (C=N–C) groups is 1. The summed E-state index contributed by atoms with van der Waals surface area (Å²) in [6, 6.07) is 7.28. The predicted molar refractivity (Wildman–Crippen MR) is 135 cm³/mol. The van der Waals surface area contributed by atoms with E-state index in [4.69, 9.17) is 9.73 Å². The highest BCUT2D eigenvalue weighted by atomic mass is 127. The van der Waals surface area contributed by atoms with Crippen LogP contribution in [0.1, 0.15) is 30.9 Å². The van der Waals surface area contributed by atoms with Crippen molar-refractivity contribution in [1.29, 1.82) is 0 Å². The molecule has 3 fully saturated rings. The third-order valence-electron chi connectivity index (χ3n) is 6.74. The van der Waals surface area contributed by atoms with E-state index in [0.717, 1.165) is 58.4 Å². The molecule has 0 aliphatic carbocycles. The largest absolute Gasteiger partial charge is 0.373 e. The fraction of sp³-hybridized carbons (Fsp3) is 0.696. The van der Waals surface area contributed by atoms with Crippen LogP contribution in [0.5, 0.6) is 0 Å². The molecule has 0 spiro atoms. The molecule has 2 unspecified atom stereocenters. The average Bonchev–Trinajstić information content (AvgIpc) is 3.21. The molecule has 3 heterocycles. The van der Waals surface area contributed by atoms with Crippen LogP contribution in [-0.4, -0.2) is 86.9 Å². The lowest BCUT2D eigenvalue weighted by atomic mass is 10.1. The van der Waals surface area contributed by atoms with Crippen molar-refractivity contribution in [1.82, 2.24) is 15.1 Å². The number of nitrogens with zero attached hydrogens (tertiary/aromatic N) is 4. The maximum atomic E-state index is 6.10. The second-order valence-corrected chi connectivity index (χ2v) is 8.63. The number of aryl methyl sites for hydroxylation is 1. The maximum Gasteiger partial charge on any atom is 0.194 e. The van der Waals surface area contributed by atoms with E-state index in [0.29, 0.717) is 6.04 Å². The van der Waals surface area contributed by atoms with Crippen LogP contribution in [0.25, 0.3) is 0 Å². The monoisotopic (exact) mass is 527 g/mol. The summed E-state index contributed by atoms with van der Waals surface area (Å²) >= 11 is 0. The molecule has 168 valence electrons. The molecule has 1 aromatic carbocycles. The van der Waals surface area contributed by atoms with Crippen LogP contribution >= 0.6 is 24.0 Å². The van der Waals surface area contributed by atoms with Gasteiger partial charge in [0, 0.05) is 51.0 Å². The molecule has 1 aromatic rings. The van der Waals surface area contributed by atoms with Crippen LogP contribution in [0.4, 0.5) is 5.69 Å². The highest BCUT2D eigenvalue weighted by molar-refractivity contribution is 14.0. The van der Waals surface area contributed by atoms with Crippen molar-refractivity contribution in [2.24, 2.45) is 4.99 Å². The molecule has 6 nitrogen and oxygen atoms in total. The summed E-state index contributed by atoms with van der Waals surface area (Å²) in [7, 11) is 0. The Balaban J connectivity index is 0.00000256. The van der Waals surface area contributed by atoms with Gasteiger partial charge in [-0.15, -0.1) is 24.0 Å². The minimum Gasteiger partial charge on any atom is -0.373 e. The topological polar surface area (TPSA) is 43.3 Å². The Morgan fingerprint density at radius 3 is 2.73 bits per heavy atom. The van der Waals surface area contributed by atoms with Gasteiger partial charge in [0.25, 0.3) is 0 Å². The van der Waals surface area contributed by atoms with Crippen molar-refractivity contribution >= 4 is 35.6 Å². The number of anilines is 1. The van der Waals surface area contributed by atoms with Gasteiger partial charge in [-0.1, -0.05) is 12.1 Å². The zero-order valence-electron chi connectivity index (χ0n) is 18.8. The summed E-state index contributed by atoms with van der Waals surface area (Å²) in [5, 5.41) is 3.50. The van der Waals surface area contributed by atoms with Crippen LogP contribution in [-0.2, 0) is 4.74 Å². The number of ether oxygens (including phenoxy) is 1. The number of hydrogen-bond donors (Lipinski definition) is 1. The van der Waals surface area contributed by atoms with Crippen molar-refractivity contribution in [3.05, 3.63) is 29.3 Å². The van der Waals surface area contributed by atoms with E-state index in [1.54, 1.807) is 0 Å². The third-order valence-corrected chi connectivity index (χ3v) is 6.74. The maximum absolute atomic E-state index is 6.10. The molecule has 3 aliphatic heterocycles. The highest BCUT2D eigenvalue weighted by Crippen LogP contribution is 2.24. The molecule has 0 amide bonds. The molecule has 30 heavy (non-hydrogen) atoms. The van der Waals surface area contributed by atoms with Gasteiger partial charge >= 0.3 is 0 Å². The van der Waals surface area contributed by atoms with Crippen molar-refractivity contribution in [2.45, 2.75) is 45.8 Å². The number of hydrogen-bond acceptors (Lipinski definition) is 4. The minimum atomic E-state index is 0. The van der Waals surface area contributed by atoms with Gasteiger partial charge in [0.1, 0.15) is 0 Å². The molecular weight excluding hydrogens is 489 g/mol. The first-order valence-electron chi connectivity index (χ1n) is 11.4. The number of nitrogens with one attached hydrogen (secondary N) is 1. The van der Waals surface area contributed by atoms with Crippen LogP contribution in [0.3, 0.4) is 0 Å². The third kappa shape index (κ3) is 5.40. The second kappa shape index (κ2) is 11.0. The Labute approximate surface area is 199 Å². The fourth-order valence-corrected chi connectivity index (χ4v) is 4.85. The van der Waals surface area contributed by atoms with Crippen LogP contribution < -0.4 is 10.2 Å². The van der Waals surface area contributed by atoms with E-state index in [-0.39, 0.29) is 30.1 Å². The van der Waals surface area contributed by atoms with Crippen molar-refractivity contribution in [2.75, 3.05) is 63.9 Å². The lowest BCUT2D eigenvalue weighted by Gasteiger charge is -2.39. The van der Waals surface area contributed by atoms with E-state index in [2.05, 4.69) is 59.0 Å². The summed E-state index contributed by atoms with van der Waals surface area (Å²) in [6.45, 7) is 15.4. The predicted octanol–water partition coefficient (Wildman–Crippen LogP) is 2.87. The second-order valence-electron chi connectivity index (χ2n) is 8.63. The number of morpholine rings is 1. The molecule has 1 N–H and O–H groups in total.